The Morgan fingerprint density at radius 2 is 2.00 bits per heavy atom. The fourth-order valence-electron chi connectivity index (χ4n) is 2.04. The number of rotatable bonds is 6. The van der Waals surface area contributed by atoms with Crippen molar-refractivity contribution >= 4 is 34.7 Å². The quantitative estimate of drug-likeness (QED) is 0.692. The molecule has 0 saturated heterocycles. The highest BCUT2D eigenvalue weighted by Gasteiger charge is 2.31. The minimum Gasteiger partial charge on any atom is -0.339 e. The van der Waals surface area contributed by atoms with E-state index in [-0.39, 0.29) is 16.6 Å². The smallest absolute Gasteiger partial charge is 0.339 e. The number of carbonyl (C=O) groups excluding carboxylic acids is 1. The molecule has 4 nitrogen and oxygen atoms in total. The number of halogens is 4. The number of hydrogen-bond acceptors (Lipinski definition) is 3. The van der Waals surface area contributed by atoms with Crippen LogP contribution in [0.4, 0.5) is 30.4 Å². The van der Waals surface area contributed by atoms with Gasteiger partial charge in [-0.15, -0.1) is 0 Å². The first-order chi connectivity index (χ1) is 11.8. The number of nitrogens with zero attached hydrogens (tertiary/aromatic N) is 1. The summed E-state index contributed by atoms with van der Waals surface area (Å²) in [6.45, 7) is 1.99. The lowest BCUT2D eigenvalue weighted by atomic mass is 10.2. The molecule has 0 atom stereocenters. The van der Waals surface area contributed by atoms with E-state index < -0.39 is 11.7 Å². The van der Waals surface area contributed by atoms with E-state index >= 15 is 0 Å². The van der Waals surface area contributed by atoms with E-state index in [4.69, 9.17) is 11.6 Å². The molecule has 0 aliphatic heterocycles. The van der Waals surface area contributed by atoms with Crippen molar-refractivity contribution in [3.05, 3.63) is 47.1 Å². The molecule has 0 unspecified atom stereocenters. The highest BCUT2D eigenvalue weighted by molar-refractivity contribution is 6.33. The molecule has 0 fully saturated rings. The summed E-state index contributed by atoms with van der Waals surface area (Å²) in [6, 6.07) is 6.17. The van der Waals surface area contributed by atoms with Gasteiger partial charge in [-0.2, -0.15) is 13.2 Å². The standard InChI is InChI=1S/C17H17ClF3N3O/c1-2-3-4-16(25)23-12-6-8-15(22-10-12)24-14-9-11(17(19,20)21)5-7-13(14)18/h5-10H,2-4H2,1H3,(H,22,24)(H,23,25). The highest BCUT2D eigenvalue weighted by Crippen LogP contribution is 2.34. The van der Waals surface area contributed by atoms with E-state index in [2.05, 4.69) is 15.6 Å². The topological polar surface area (TPSA) is 54.0 Å². The summed E-state index contributed by atoms with van der Waals surface area (Å²) >= 11 is 5.93. The van der Waals surface area contributed by atoms with E-state index in [9.17, 15) is 18.0 Å². The molecule has 0 aliphatic carbocycles. The van der Waals surface area contributed by atoms with Gasteiger partial charge in [-0.1, -0.05) is 24.9 Å². The number of anilines is 3. The predicted molar refractivity (Wildman–Crippen MR) is 92.1 cm³/mol. The Morgan fingerprint density at radius 3 is 2.60 bits per heavy atom. The zero-order valence-corrected chi connectivity index (χ0v) is 14.2. The molecule has 2 aromatic rings. The first kappa shape index (κ1) is 19.1. The second kappa shape index (κ2) is 8.20. The van der Waals surface area contributed by atoms with Gasteiger partial charge in [0.15, 0.2) is 0 Å². The lowest BCUT2D eigenvalue weighted by Gasteiger charge is -2.12. The van der Waals surface area contributed by atoms with Crippen molar-refractivity contribution in [2.75, 3.05) is 10.6 Å². The summed E-state index contributed by atoms with van der Waals surface area (Å²) in [5.41, 5.74) is -0.190. The number of hydrogen-bond donors (Lipinski definition) is 2. The van der Waals surface area contributed by atoms with Crippen LogP contribution in [0, 0.1) is 0 Å². The SMILES string of the molecule is CCCCC(=O)Nc1ccc(Nc2cc(C(F)(F)F)ccc2Cl)nc1. The molecule has 0 aliphatic rings. The summed E-state index contributed by atoms with van der Waals surface area (Å²) in [7, 11) is 0. The van der Waals surface area contributed by atoms with Crippen molar-refractivity contribution in [2.45, 2.75) is 32.4 Å². The average molecular weight is 372 g/mol. The Morgan fingerprint density at radius 1 is 1.24 bits per heavy atom. The maximum Gasteiger partial charge on any atom is 0.416 e. The zero-order chi connectivity index (χ0) is 18.4. The summed E-state index contributed by atoms with van der Waals surface area (Å²) in [4.78, 5) is 15.7. The molecule has 0 saturated carbocycles. The van der Waals surface area contributed by atoms with Crippen molar-refractivity contribution in [3.8, 4) is 0 Å². The third-order valence-electron chi connectivity index (χ3n) is 3.36. The molecular formula is C17H17ClF3N3O. The molecule has 0 bridgehead atoms. The highest BCUT2D eigenvalue weighted by atomic mass is 35.5. The van der Waals surface area contributed by atoms with Gasteiger partial charge in [-0.05, 0) is 36.8 Å². The fraction of sp³-hybridized carbons (Fsp3) is 0.294. The monoisotopic (exact) mass is 371 g/mol. The molecule has 1 aromatic heterocycles. The number of carbonyl (C=O) groups is 1. The largest absolute Gasteiger partial charge is 0.416 e. The molecule has 1 heterocycles. The first-order valence-corrected chi connectivity index (χ1v) is 8.07. The minimum absolute atomic E-state index is 0.101. The molecule has 25 heavy (non-hydrogen) atoms. The van der Waals surface area contributed by atoms with Crippen LogP contribution >= 0.6 is 11.6 Å². The number of nitrogens with one attached hydrogen (secondary N) is 2. The number of aromatic nitrogens is 1. The summed E-state index contributed by atoms with van der Waals surface area (Å²) in [6.07, 6.45) is -0.885. The van der Waals surface area contributed by atoms with Crippen LogP contribution < -0.4 is 10.6 Å². The van der Waals surface area contributed by atoms with Crippen LogP contribution in [-0.4, -0.2) is 10.9 Å². The second-order valence-electron chi connectivity index (χ2n) is 5.40. The van der Waals surface area contributed by atoms with Crippen LogP contribution in [0.15, 0.2) is 36.5 Å². The van der Waals surface area contributed by atoms with Crippen LogP contribution in [0.1, 0.15) is 31.7 Å². The first-order valence-electron chi connectivity index (χ1n) is 7.69. The molecular weight excluding hydrogens is 355 g/mol. The van der Waals surface area contributed by atoms with Crippen LogP contribution in [0.25, 0.3) is 0 Å². The number of amides is 1. The Kier molecular flexibility index (Phi) is 6.25. The van der Waals surface area contributed by atoms with Gasteiger partial charge in [0.25, 0.3) is 0 Å². The number of unbranched alkanes of at least 4 members (excludes halogenated alkanes) is 1. The third kappa shape index (κ3) is 5.63. The molecule has 0 spiro atoms. The molecule has 0 radical (unpaired) electrons. The Balaban J connectivity index is 2.07. The van der Waals surface area contributed by atoms with Gasteiger partial charge in [0.2, 0.25) is 5.91 Å². The summed E-state index contributed by atoms with van der Waals surface area (Å²) in [5.74, 6) is 0.207. The van der Waals surface area contributed by atoms with Gasteiger partial charge in [0.05, 0.1) is 28.2 Å². The zero-order valence-electron chi connectivity index (χ0n) is 13.5. The average Bonchev–Trinajstić information content (AvgIpc) is 2.55. The van der Waals surface area contributed by atoms with Crippen molar-refractivity contribution in [2.24, 2.45) is 0 Å². The fourth-order valence-corrected chi connectivity index (χ4v) is 2.20. The van der Waals surface area contributed by atoms with Gasteiger partial charge in [-0.25, -0.2) is 4.98 Å². The molecule has 8 heteroatoms. The van der Waals surface area contributed by atoms with E-state index in [1.54, 1.807) is 12.1 Å². The molecule has 2 N–H and O–H groups in total. The summed E-state index contributed by atoms with van der Waals surface area (Å²) in [5, 5.41) is 5.59. The van der Waals surface area contributed by atoms with E-state index in [0.717, 1.165) is 25.0 Å². The summed E-state index contributed by atoms with van der Waals surface area (Å²) < 4.78 is 38.3. The Bertz CT molecular complexity index is 733. The van der Waals surface area contributed by atoms with E-state index in [1.807, 2.05) is 6.92 Å². The number of pyridine rings is 1. The maximum atomic E-state index is 12.8. The normalized spacial score (nSPS) is 11.2. The number of alkyl halides is 3. The molecule has 2 rings (SSSR count). The van der Waals surface area contributed by atoms with Gasteiger partial charge in [0.1, 0.15) is 5.82 Å². The predicted octanol–water partition coefficient (Wildman–Crippen LogP) is 5.63. The molecule has 134 valence electrons. The van der Waals surface area contributed by atoms with Gasteiger partial charge >= 0.3 is 6.18 Å². The van der Waals surface area contributed by atoms with Crippen LogP contribution in [0.5, 0.6) is 0 Å². The van der Waals surface area contributed by atoms with Gasteiger partial charge in [0, 0.05) is 6.42 Å². The third-order valence-corrected chi connectivity index (χ3v) is 3.69. The maximum absolute atomic E-state index is 12.8. The van der Waals surface area contributed by atoms with Crippen molar-refractivity contribution in [3.63, 3.8) is 0 Å². The van der Waals surface area contributed by atoms with Gasteiger partial charge < -0.3 is 10.6 Å². The van der Waals surface area contributed by atoms with E-state index in [0.29, 0.717) is 17.9 Å². The van der Waals surface area contributed by atoms with E-state index in [1.165, 1.54) is 12.3 Å². The van der Waals surface area contributed by atoms with Crippen molar-refractivity contribution in [1.29, 1.82) is 0 Å². The van der Waals surface area contributed by atoms with Crippen LogP contribution in [-0.2, 0) is 11.0 Å². The minimum atomic E-state index is -4.46. The Hall–Kier alpha value is -2.28. The van der Waals surface area contributed by atoms with Gasteiger partial charge in [-0.3, -0.25) is 4.79 Å². The lowest BCUT2D eigenvalue weighted by molar-refractivity contribution is -0.137. The van der Waals surface area contributed by atoms with Crippen LogP contribution in [0.3, 0.4) is 0 Å². The van der Waals surface area contributed by atoms with Crippen molar-refractivity contribution < 1.29 is 18.0 Å². The van der Waals surface area contributed by atoms with Crippen LogP contribution in [0.2, 0.25) is 5.02 Å². The van der Waals surface area contributed by atoms with Crippen molar-refractivity contribution in [1.82, 2.24) is 4.98 Å². The number of benzene rings is 1. The lowest BCUT2D eigenvalue weighted by Crippen LogP contribution is -2.11. The Labute approximate surface area is 148 Å². The second-order valence-corrected chi connectivity index (χ2v) is 5.81. The molecule has 1 amide bonds. The molecule has 1 aromatic carbocycles.